The molecule has 0 bridgehead atoms. The van der Waals surface area contributed by atoms with E-state index in [1.54, 1.807) is 37.9 Å². The van der Waals surface area contributed by atoms with Gasteiger partial charge in [-0.25, -0.2) is 14.6 Å². The molecule has 2 heterocycles. The normalized spacial score (nSPS) is 17.8. The number of hydrogen-bond acceptors (Lipinski definition) is 5. The molecule has 1 fully saturated rings. The number of hydrogen-bond donors (Lipinski definition) is 1. The van der Waals surface area contributed by atoms with Crippen molar-refractivity contribution in [2.75, 3.05) is 11.9 Å². The summed E-state index contributed by atoms with van der Waals surface area (Å²) >= 11 is 0. The molecule has 0 spiro atoms. The molecule has 2 rings (SSSR count). The molecule has 7 heteroatoms. The summed E-state index contributed by atoms with van der Waals surface area (Å²) in [5, 5.41) is 2.60. The van der Waals surface area contributed by atoms with Crippen molar-refractivity contribution in [2.45, 2.75) is 71.6 Å². The molecule has 1 atom stereocenters. The van der Waals surface area contributed by atoms with Gasteiger partial charge in [0.15, 0.2) is 0 Å². The third kappa shape index (κ3) is 5.89. The summed E-state index contributed by atoms with van der Waals surface area (Å²) in [6.07, 6.45) is 2.60. The van der Waals surface area contributed by atoms with E-state index >= 15 is 0 Å². The Morgan fingerprint density at radius 1 is 1.12 bits per heavy atom. The average molecular weight is 363 g/mol. The van der Waals surface area contributed by atoms with Crippen molar-refractivity contribution in [3.05, 3.63) is 23.9 Å². The zero-order chi connectivity index (χ0) is 19.5. The molecule has 1 N–H and O–H groups in total. The molecule has 0 unspecified atom stereocenters. The van der Waals surface area contributed by atoms with Crippen LogP contribution in [0.2, 0.25) is 0 Å². The summed E-state index contributed by atoms with van der Waals surface area (Å²) in [5.41, 5.74) is -0.172. The van der Waals surface area contributed by atoms with E-state index < -0.39 is 17.3 Å². The number of aromatic nitrogens is 1. The monoisotopic (exact) mass is 363 g/mol. The number of nitrogens with one attached hydrogen (secondary N) is 1. The summed E-state index contributed by atoms with van der Waals surface area (Å²) in [5.74, 6) is 0.407. The molecule has 1 aromatic heterocycles. The lowest BCUT2D eigenvalue weighted by Crippen LogP contribution is -2.36. The highest BCUT2D eigenvalue weighted by Gasteiger charge is 2.33. The van der Waals surface area contributed by atoms with E-state index in [4.69, 9.17) is 9.47 Å². The fraction of sp³-hybridized carbons (Fsp3) is 0.632. The summed E-state index contributed by atoms with van der Waals surface area (Å²) in [4.78, 5) is 30.2. The molecule has 26 heavy (non-hydrogen) atoms. The molecule has 144 valence electrons. The third-order valence-corrected chi connectivity index (χ3v) is 3.68. The first-order valence-electron chi connectivity index (χ1n) is 8.90. The van der Waals surface area contributed by atoms with Gasteiger partial charge in [0.05, 0.1) is 6.04 Å². The zero-order valence-electron chi connectivity index (χ0n) is 16.5. The van der Waals surface area contributed by atoms with Crippen LogP contribution in [0.1, 0.15) is 66.0 Å². The van der Waals surface area contributed by atoms with Gasteiger partial charge in [0.25, 0.3) is 0 Å². The Bertz CT molecular complexity index is 644. The van der Waals surface area contributed by atoms with Gasteiger partial charge in [-0.3, -0.25) is 5.32 Å². The fourth-order valence-corrected chi connectivity index (χ4v) is 2.74. The Labute approximate surface area is 155 Å². The molecule has 1 aliphatic rings. The molecule has 0 aliphatic carbocycles. The van der Waals surface area contributed by atoms with Crippen molar-refractivity contribution in [2.24, 2.45) is 0 Å². The van der Waals surface area contributed by atoms with Crippen LogP contribution >= 0.6 is 0 Å². The van der Waals surface area contributed by atoms with Crippen molar-refractivity contribution in [3.8, 4) is 0 Å². The first-order chi connectivity index (χ1) is 11.9. The average Bonchev–Trinajstić information content (AvgIpc) is 2.93. The minimum Gasteiger partial charge on any atom is -0.444 e. The van der Waals surface area contributed by atoms with Crippen LogP contribution in [0.15, 0.2) is 18.3 Å². The van der Waals surface area contributed by atoms with Crippen LogP contribution < -0.4 is 5.32 Å². The highest BCUT2D eigenvalue weighted by atomic mass is 16.6. The van der Waals surface area contributed by atoms with Crippen LogP contribution in [0.25, 0.3) is 0 Å². The largest absolute Gasteiger partial charge is 0.444 e. The van der Waals surface area contributed by atoms with Gasteiger partial charge in [0, 0.05) is 12.7 Å². The predicted octanol–water partition coefficient (Wildman–Crippen LogP) is 4.50. The molecule has 2 amide bonds. The summed E-state index contributed by atoms with van der Waals surface area (Å²) in [6, 6.07) is 3.52. The number of ether oxygens (including phenoxy) is 2. The van der Waals surface area contributed by atoms with Crippen LogP contribution in [0.3, 0.4) is 0 Å². The van der Waals surface area contributed by atoms with Crippen LogP contribution in [0.5, 0.6) is 0 Å². The van der Waals surface area contributed by atoms with E-state index in [1.807, 2.05) is 26.8 Å². The Morgan fingerprint density at radius 3 is 2.31 bits per heavy atom. The van der Waals surface area contributed by atoms with Crippen molar-refractivity contribution >= 4 is 18.0 Å². The Kier molecular flexibility index (Phi) is 5.78. The summed E-state index contributed by atoms with van der Waals surface area (Å²) < 4.78 is 10.7. The van der Waals surface area contributed by atoms with Crippen molar-refractivity contribution in [3.63, 3.8) is 0 Å². The number of carbonyl (C=O) groups excluding carboxylic acids is 2. The Balaban J connectivity index is 2.03. The van der Waals surface area contributed by atoms with Crippen LogP contribution in [-0.2, 0) is 9.47 Å². The van der Waals surface area contributed by atoms with Crippen molar-refractivity contribution < 1.29 is 19.1 Å². The van der Waals surface area contributed by atoms with E-state index in [1.165, 1.54) is 0 Å². The smallest absolute Gasteiger partial charge is 0.413 e. The molecule has 7 nitrogen and oxygen atoms in total. The van der Waals surface area contributed by atoms with E-state index in [9.17, 15) is 9.59 Å². The summed E-state index contributed by atoms with van der Waals surface area (Å²) in [6.45, 7) is 11.6. The van der Waals surface area contributed by atoms with Gasteiger partial charge >= 0.3 is 12.2 Å². The minimum atomic E-state index is -0.568. The van der Waals surface area contributed by atoms with Crippen LogP contribution in [0, 0.1) is 0 Å². The quantitative estimate of drug-likeness (QED) is 0.836. The highest BCUT2D eigenvalue weighted by molar-refractivity contribution is 5.83. The molecule has 1 aliphatic heterocycles. The lowest BCUT2D eigenvalue weighted by molar-refractivity contribution is 0.0224. The number of nitrogens with zero attached hydrogens (tertiary/aromatic N) is 2. The van der Waals surface area contributed by atoms with Gasteiger partial charge in [-0.05, 0) is 66.0 Å². The molecule has 1 saturated heterocycles. The number of likely N-dealkylation sites (tertiary alicyclic amines) is 1. The standard InChI is InChI=1S/C19H29N3O4/c1-18(2,3)25-16(23)21-15-10-9-13(12-20-15)14-8-7-11-22(14)17(24)26-19(4,5)6/h9-10,12,14H,7-8,11H2,1-6H3,(H,20,21,23)/t14-/m0/s1. The second-order valence-corrected chi connectivity index (χ2v) is 8.44. The number of rotatable bonds is 2. The third-order valence-electron chi connectivity index (χ3n) is 3.68. The molecule has 0 radical (unpaired) electrons. The van der Waals surface area contributed by atoms with Gasteiger partial charge in [-0.2, -0.15) is 0 Å². The topological polar surface area (TPSA) is 80.8 Å². The zero-order valence-corrected chi connectivity index (χ0v) is 16.5. The van der Waals surface area contributed by atoms with E-state index in [0.29, 0.717) is 12.4 Å². The Hall–Kier alpha value is -2.31. The predicted molar refractivity (Wildman–Crippen MR) is 99.0 cm³/mol. The molecular formula is C19H29N3O4. The minimum absolute atomic E-state index is 0.0621. The lowest BCUT2D eigenvalue weighted by atomic mass is 10.1. The number of amides is 2. The number of anilines is 1. The van der Waals surface area contributed by atoms with Gasteiger partial charge in [0.2, 0.25) is 0 Å². The van der Waals surface area contributed by atoms with Crippen molar-refractivity contribution in [1.82, 2.24) is 9.88 Å². The first-order valence-corrected chi connectivity index (χ1v) is 8.90. The maximum Gasteiger partial charge on any atom is 0.413 e. The Morgan fingerprint density at radius 2 is 1.77 bits per heavy atom. The highest BCUT2D eigenvalue weighted by Crippen LogP contribution is 2.33. The van der Waals surface area contributed by atoms with E-state index in [-0.39, 0.29) is 12.1 Å². The van der Waals surface area contributed by atoms with Gasteiger partial charge in [-0.15, -0.1) is 0 Å². The molecule has 1 aromatic rings. The number of carbonyl (C=O) groups is 2. The maximum absolute atomic E-state index is 12.4. The van der Waals surface area contributed by atoms with Crippen LogP contribution in [-0.4, -0.2) is 39.8 Å². The second-order valence-electron chi connectivity index (χ2n) is 8.44. The fourth-order valence-electron chi connectivity index (χ4n) is 2.74. The lowest BCUT2D eigenvalue weighted by Gasteiger charge is -2.28. The molecular weight excluding hydrogens is 334 g/mol. The van der Waals surface area contributed by atoms with Crippen molar-refractivity contribution in [1.29, 1.82) is 0 Å². The van der Waals surface area contributed by atoms with Crippen LogP contribution in [0.4, 0.5) is 15.4 Å². The first kappa shape index (κ1) is 20.0. The van der Waals surface area contributed by atoms with E-state index in [2.05, 4.69) is 10.3 Å². The second kappa shape index (κ2) is 7.51. The summed E-state index contributed by atoms with van der Waals surface area (Å²) in [7, 11) is 0. The van der Waals surface area contributed by atoms with Gasteiger partial charge in [0.1, 0.15) is 17.0 Å². The maximum atomic E-state index is 12.4. The van der Waals surface area contributed by atoms with Gasteiger partial charge in [-0.1, -0.05) is 6.07 Å². The SMILES string of the molecule is CC(C)(C)OC(=O)Nc1ccc([C@@H]2CCCN2C(=O)OC(C)(C)C)cn1. The molecule has 0 saturated carbocycles. The molecule has 0 aromatic carbocycles. The number of pyridine rings is 1. The van der Waals surface area contributed by atoms with Gasteiger partial charge < -0.3 is 14.4 Å². The van der Waals surface area contributed by atoms with E-state index in [0.717, 1.165) is 18.4 Å².